The largest absolute Gasteiger partial charge is 0.381 e. The van der Waals surface area contributed by atoms with E-state index in [1.807, 2.05) is 0 Å². The zero-order valence-electron chi connectivity index (χ0n) is 16.0. The first-order valence-electron chi connectivity index (χ1n) is 9.61. The van der Waals surface area contributed by atoms with Gasteiger partial charge in [0.05, 0.1) is 6.54 Å². The second kappa shape index (κ2) is 12.3. The van der Waals surface area contributed by atoms with Gasteiger partial charge in [0.15, 0.2) is 5.96 Å². The van der Waals surface area contributed by atoms with Crippen molar-refractivity contribution in [2.24, 2.45) is 10.9 Å². The molecule has 1 heterocycles. The Bertz CT molecular complexity index is 560. The molecular formula is C20H32BrN3O2. The topological polar surface area (TPSA) is 54.9 Å². The van der Waals surface area contributed by atoms with Crippen molar-refractivity contribution in [2.75, 3.05) is 39.5 Å². The molecule has 0 aromatic heterocycles. The zero-order chi connectivity index (χ0) is 18.6. The molecule has 1 aliphatic rings. The molecule has 0 spiro atoms. The molecule has 26 heavy (non-hydrogen) atoms. The number of aryl methyl sites for hydroxylation is 1. The molecule has 0 amide bonds. The number of aliphatic imine (C=N–C) groups is 1. The van der Waals surface area contributed by atoms with Gasteiger partial charge in [-0.2, -0.15) is 0 Å². The van der Waals surface area contributed by atoms with Crippen LogP contribution in [0.1, 0.15) is 37.3 Å². The third-order valence-corrected chi connectivity index (χ3v) is 5.00. The molecule has 0 unspecified atom stereocenters. The van der Waals surface area contributed by atoms with E-state index in [-0.39, 0.29) is 0 Å². The molecule has 0 saturated carbocycles. The van der Waals surface area contributed by atoms with Gasteiger partial charge >= 0.3 is 0 Å². The van der Waals surface area contributed by atoms with Crippen LogP contribution >= 0.6 is 15.9 Å². The van der Waals surface area contributed by atoms with Crippen LogP contribution < -0.4 is 10.6 Å². The van der Waals surface area contributed by atoms with E-state index in [9.17, 15) is 0 Å². The summed E-state index contributed by atoms with van der Waals surface area (Å²) in [7, 11) is 0. The summed E-state index contributed by atoms with van der Waals surface area (Å²) in [5.41, 5.74) is 2.49. The molecule has 1 aliphatic heterocycles. The first-order chi connectivity index (χ1) is 12.7. The summed E-state index contributed by atoms with van der Waals surface area (Å²) in [5.74, 6) is 1.53. The van der Waals surface area contributed by atoms with E-state index >= 15 is 0 Å². The van der Waals surface area contributed by atoms with E-state index in [0.717, 1.165) is 69.2 Å². The molecule has 0 atom stereocenters. The monoisotopic (exact) mass is 425 g/mol. The van der Waals surface area contributed by atoms with Crippen LogP contribution in [0.25, 0.3) is 0 Å². The number of hydrogen-bond donors (Lipinski definition) is 2. The Kier molecular flexibility index (Phi) is 10.0. The van der Waals surface area contributed by atoms with Crippen LogP contribution in [0, 0.1) is 12.8 Å². The number of ether oxygens (including phenoxy) is 2. The lowest BCUT2D eigenvalue weighted by Gasteiger charge is -2.21. The summed E-state index contributed by atoms with van der Waals surface area (Å²) in [5, 5.41) is 6.69. The highest BCUT2D eigenvalue weighted by molar-refractivity contribution is 9.10. The SMILES string of the molecule is CCNC(=NCc1ccc(Br)cc1C)NCCCOCC1CCOCC1. The molecule has 146 valence electrons. The maximum atomic E-state index is 5.81. The predicted molar refractivity (Wildman–Crippen MR) is 111 cm³/mol. The summed E-state index contributed by atoms with van der Waals surface area (Å²) < 4.78 is 12.3. The van der Waals surface area contributed by atoms with Gasteiger partial charge in [0, 0.05) is 44.0 Å². The minimum atomic E-state index is 0.671. The fourth-order valence-corrected chi connectivity index (χ4v) is 3.36. The van der Waals surface area contributed by atoms with Crippen LogP contribution in [-0.4, -0.2) is 45.5 Å². The Hall–Kier alpha value is -1.11. The molecule has 1 aromatic carbocycles. The quantitative estimate of drug-likeness (QED) is 0.360. The molecule has 0 aliphatic carbocycles. The molecule has 2 N–H and O–H groups in total. The van der Waals surface area contributed by atoms with Gasteiger partial charge in [0.2, 0.25) is 0 Å². The zero-order valence-corrected chi connectivity index (χ0v) is 17.6. The molecule has 1 saturated heterocycles. The van der Waals surface area contributed by atoms with Gasteiger partial charge in [0.25, 0.3) is 0 Å². The van der Waals surface area contributed by atoms with Crippen LogP contribution in [0.2, 0.25) is 0 Å². The van der Waals surface area contributed by atoms with Gasteiger partial charge in [-0.15, -0.1) is 0 Å². The van der Waals surface area contributed by atoms with Gasteiger partial charge in [0.1, 0.15) is 0 Å². The number of nitrogens with zero attached hydrogens (tertiary/aromatic N) is 1. The van der Waals surface area contributed by atoms with Crippen molar-refractivity contribution in [3.05, 3.63) is 33.8 Å². The Labute approximate surface area is 166 Å². The average molecular weight is 426 g/mol. The van der Waals surface area contributed by atoms with Crippen molar-refractivity contribution in [1.29, 1.82) is 0 Å². The van der Waals surface area contributed by atoms with E-state index < -0.39 is 0 Å². The van der Waals surface area contributed by atoms with Crippen molar-refractivity contribution in [3.63, 3.8) is 0 Å². The Balaban J connectivity index is 1.66. The Morgan fingerprint density at radius 1 is 1.31 bits per heavy atom. The first kappa shape index (κ1) is 21.2. The van der Waals surface area contributed by atoms with E-state index in [4.69, 9.17) is 9.47 Å². The normalized spacial score (nSPS) is 15.9. The molecule has 5 nitrogen and oxygen atoms in total. The predicted octanol–water partition coefficient (Wildman–Crippen LogP) is 3.65. The van der Waals surface area contributed by atoms with Crippen LogP contribution in [0.15, 0.2) is 27.7 Å². The lowest BCUT2D eigenvalue weighted by atomic mass is 10.0. The minimum Gasteiger partial charge on any atom is -0.381 e. The average Bonchev–Trinajstić information content (AvgIpc) is 2.64. The van der Waals surface area contributed by atoms with Crippen molar-refractivity contribution < 1.29 is 9.47 Å². The number of guanidine groups is 1. The number of benzene rings is 1. The van der Waals surface area contributed by atoms with Gasteiger partial charge in [-0.1, -0.05) is 22.0 Å². The maximum absolute atomic E-state index is 5.81. The lowest BCUT2D eigenvalue weighted by molar-refractivity contribution is 0.0203. The van der Waals surface area contributed by atoms with Crippen LogP contribution in [0.4, 0.5) is 0 Å². The van der Waals surface area contributed by atoms with Crippen LogP contribution in [0.3, 0.4) is 0 Å². The van der Waals surface area contributed by atoms with Crippen molar-refractivity contribution in [1.82, 2.24) is 10.6 Å². The van der Waals surface area contributed by atoms with Crippen molar-refractivity contribution in [2.45, 2.75) is 39.7 Å². The maximum Gasteiger partial charge on any atom is 0.191 e. The molecule has 0 bridgehead atoms. The first-order valence-corrected chi connectivity index (χ1v) is 10.4. The van der Waals surface area contributed by atoms with E-state index in [2.05, 4.69) is 63.6 Å². The summed E-state index contributed by atoms with van der Waals surface area (Å²) >= 11 is 3.50. The Morgan fingerprint density at radius 2 is 2.12 bits per heavy atom. The fourth-order valence-electron chi connectivity index (χ4n) is 2.89. The van der Waals surface area contributed by atoms with Gasteiger partial charge in [-0.3, -0.25) is 0 Å². The summed E-state index contributed by atoms with van der Waals surface area (Å²) in [6.45, 7) is 10.0. The third-order valence-electron chi connectivity index (χ3n) is 4.51. The summed E-state index contributed by atoms with van der Waals surface area (Å²) in [4.78, 5) is 4.69. The van der Waals surface area contributed by atoms with Gasteiger partial charge < -0.3 is 20.1 Å². The van der Waals surface area contributed by atoms with Gasteiger partial charge in [-0.25, -0.2) is 4.99 Å². The second-order valence-corrected chi connectivity index (χ2v) is 7.59. The number of rotatable bonds is 9. The molecule has 1 aromatic rings. The highest BCUT2D eigenvalue weighted by atomic mass is 79.9. The Morgan fingerprint density at radius 3 is 2.85 bits per heavy atom. The number of nitrogens with one attached hydrogen (secondary N) is 2. The van der Waals surface area contributed by atoms with E-state index in [1.54, 1.807) is 0 Å². The van der Waals surface area contributed by atoms with Crippen molar-refractivity contribution in [3.8, 4) is 0 Å². The standard InChI is InChI=1S/C20H32BrN3O2/c1-3-22-20(24-14-18-5-6-19(21)13-16(18)2)23-9-4-10-26-15-17-7-11-25-12-8-17/h5-6,13,17H,3-4,7-12,14-15H2,1-2H3,(H2,22,23,24). The summed E-state index contributed by atoms with van der Waals surface area (Å²) in [6.07, 6.45) is 3.24. The second-order valence-electron chi connectivity index (χ2n) is 6.68. The number of halogens is 1. The number of hydrogen-bond acceptors (Lipinski definition) is 3. The minimum absolute atomic E-state index is 0.671. The van der Waals surface area contributed by atoms with E-state index in [0.29, 0.717) is 12.5 Å². The smallest absolute Gasteiger partial charge is 0.191 e. The van der Waals surface area contributed by atoms with Crippen LogP contribution in [-0.2, 0) is 16.0 Å². The highest BCUT2D eigenvalue weighted by Crippen LogP contribution is 2.16. The van der Waals surface area contributed by atoms with Crippen LogP contribution in [0.5, 0.6) is 0 Å². The fraction of sp³-hybridized carbons (Fsp3) is 0.650. The van der Waals surface area contributed by atoms with Crippen molar-refractivity contribution >= 4 is 21.9 Å². The van der Waals surface area contributed by atoms with E-state index in [1.165, 1.54) is 11.1 Å². The molecular weight excluding hydrogens is 394 g/mol. The lowest BCUT2D eigenvalue weighted by Crippen LogP contribution is -2.38. The third kappa shape index (κ3) is 8.06. The molecule has 1 fully saturated rings. The highest BCUT2D eigenvalue weighted by Gasteiger charge is 2.13. The molecule has 0 radical (unpaired) electrons. The molecule has 2 rings (SSSR count). The van der Waals surface area contributed by atoms with Gasteiger partial charge in [-0.05, 0) is 62.3 Å². The summed E-state index contributed by atoms with van der Waals surface area (Å²) in [6, 6.07) is 6.31. The molecule has 6 heteroatoms.